The van der Waals surface area contributed by atoms with Gasteiger partial charge in [0.25, 0.3) is 0 Å². The van der Waals surface area contributed by atoms with Crippen LogP contribution in [0.3, 0.4) is 0 Å². The molecule has 0 fully saturated rings. The lowest BCUT2D eigenvalue weighted by molar-refractivity contribution is -0.120. The van der Waals surface area contributed by atoms with Crippen LogP contribution in [0.2, 0.25) is 5.02 Å². The minimum Gasteiger partial charge on any atom is -0.338 e. The van der Waals surface area contributed by atoms with Gasteiger partial charge in [0, 0.05) is 12.6 Å². The number of nitrogens with zero attached hydrogens (tertiary/aromatic N) is 3. The van der Waals surface area contributed by atoms with E-state index in [1.165, 1.54) is 6.20 Å². The van der Waals surface area contributed by atoms with Gasteiger partial charge in [-0.3, -0.25) is 9.78 Å². The highest BCUT2D eigenvalue weighted by molar-refractivity contribution is 6.30. The highest BCUT2D eigenvalue weighted by Gasteiger charge is 2.20. The van der Waals surface area contributed by atoms with Crippen molar-refractivity contribution in [3.05, 3.63) is 29.2 Å². The fourth-order valence-corrected chi connectivity index (χ4v) is 1.58. The number of aromatic nitrogens is 3. The van der Waals surface area contributed by atoms with E-state index in [9.17, 15) is 4.79 Å². The first-order valence-corrected chi connectivity index (χ1v) is 5.98. The molecule has 18 heavy (non-hydrogen) atoms. The second-order valence-corrected chi connectivity index (χ2v) is 4.30. The minimum absolute atomic E-state index is 0.0641. The van der Waals surface area contributed by atoms with Crippen LogP contribution in [0.4, 0.5) is 0 Å². The van der Waals surface area contributed by atoms with Gasteiger partial charge in [0.05, 0.1) is 10.9 Å². The summed E-state index contributed by atoms with van der Waals surface area (Å²) in [4.78, 5) is 19.8. The molecule has 0 aliphatic carbocycles. The van der Waals surface area contributed by atoms with Crippen molar-refractivity contribution in [1.29, 1.82) is 0 Å². The highest BCUT2D eigenvalue weighted by Crippen LogP contribution is 2.20. The zero-order valence-electron chi connectivity index (χ0n) is 10.1. The van der Waals surface area contributed by atoms with Crippen LogP contribution in [-0.4, -0.2) is 20.9 Å². The molecule has 0 spiro atoms. The van der Waals surface area contributed by atoms with Gasteiger partial charge < -0.3 is 4.52 Å². The van der Waals surface area contributed by atoms with Crippen LogP contribution in [0.5, 0.6) is 0 Å². The monoisotopic (exact) mass is 265 g/mol. The van der Waals surface area contributed by atoms with Crippen molar-refractivity contribution in [2.45, 2.75) is 26.2 Å². The van der Waals surface area contributed by atoms with Gasteiger partial charge >= 0.3 is 0 Å². The van der Waals surface area contributed by atoms with Gasteiger partial charge in [0.15, 0.2) is 0 Å². The van der Waals surface area contributed by atoms with Crippen LogP contribution >= 0.6 is 11.6 Å². The van der Waals surface area contributed by atoms with E-state index in [-0.39, 0.29) is 11.7 Å². The summed E-state index contributed by atoms with van der Waals surface area (Å²) in [5.74, 6) is 0.351. The zero-order valence-corrected chi connectivity index (χ0v) is 10.8. The first-order chi connectivity index (χ1) is 8.61. The van der Waals surface area contributed by atoms with Crippen molar-refractivity contribution >= 4 is 17.4 Å². The number of hydrogen-bond acceptors (Lipinski definition) is 5. The summed E-state index contributed by atoms with van der Waals surface area (Å²) in [5, 5.41) is 4.35. The van der Waals surface area contributed by atoms with Crippen LogP contribution in [0.15, 0.2) is 22.9 Å². The molecule has 0 aliphatic heterocycles. The van der Waals surface area contributed by atoms with Crippen molar-refractivity contribution in [3.8, 4) is 11.5 Å². The second kappa shape index (κ2) is 5.27. The van der Waals surface area contributed by atoms with Gasteiger partial charge in [0.1, 0.15) is 11.5 Å². The van der Waals surface area contributed by atoms with E-state index >= 15 is 0 Å². The molecule has 0 saturated carbocycles. The van der Waals surface area contributed by atoms with Crippen LogP contribution in [0.25, 0.3) is 11.5 Å². The predicted octanol–water partition coefficient (Wildman–Crippen LogP) is 2.87. The van der Waals surface area contributed by atoms with Crippen LogP contribution in [0.1, 0.15) is 32.1 Å². The SMILES string of the molecule is CCC(=O)C(C)c1nc(-c2ccc(Cl)cn2)no1. The average Bonchev–Trinajstić information content (AvgIpc) is 2.87. The first-order valence-electron chi connectivity index (χ1n) is 5.60. The number of carbonyl (C=O) groups excluding carboxylic acids is 1. The number of pyridine rings is 1. The molecule has 2 heterocycles. The van der Waals surface area contributed by atoms with E-state index in [1.807, 2.05) is 0 Å². The molecular formula is C12H12ClN3O2. The summed E-state index contributed by atoms with van der Waals surface area (Å²) >= 11 is 5.74. The zero-order chi connectivity index (χ0) is 13.1. The summed E-state index contributed by atoms with van der Waals surface area (Å²) in [6.45, 7) is 3.55. The molecule has 0 radical (unpaired) electrons. The van der Waals surface area contributed by atoms with E-state index in [4.69, 9.17) is 16.1 Å². The number of rotatable bonds is 4. The molecule has 0 amide bonds. The third-order valence-electron chi connectivity index (χ3n) is 2.60. The lowest BCUT2D eigenvalue weighted by Crippen LogP contribution is -2.07. The molecule has 0 bridgehead atoms. The molecule has 2 rings (SSSR count). The van der Waals surface area contributed by atoms with Crippen LogP contribution < -0.4 is 0 Å². The van der Waals surface area contributed by atoms with Crippen molar-refractivity contribution in [1.82, 2.24) is 15.1 Å². The Kier molecular flexibility index (Phi) is 3.72. The number of Topliss-reactive ketones (excluding diaryl/α,β-unsaturated/α-hetero) is 1. The molecule has 0 aliphatic rings. The van der Waals surface area contributed by atoms with E-state index in [0.29, 0.717) is 28.9 Å². The molecule has 6 heteroatoms. The smallest absolute Gasteiger partial charge is 0.237 e. The van der Waals surface area contributed by atoms with E-state index < -0.39 is 0 Å². The third-order valence-corrected chi connectivity index (χ3v) is 2.82. The molecule has 2 aromatic rings. The summed E-state index contributed by atoms with van der Waals surface area (Å²) in [7, 11) is 0. The van der Waals surface area contributed by atoms with Gasteiger partial charge in [0.2, 0.25) is 11.7 Å². The van der Waals surface area contributed by atoms with Crippen molar-refractivity contribution in [3.63, 3.8) is 0 Å². The Morgan fingerprint density at radius 3 is 2.89 bits per heavy atom. The van der Waals surface area contributed by atoms with Gasteiger partial charge in [-0.05, 0) is 19.1 Å². The summed E-state index contributed by atoms with van der Waals surface area (Å²) in [6.07, 6.45) is 1.95. The minimum atomic E-state index is -0.386. The Balaban J connectivity index is 2.25. The van der Waals surface area contributed by atoms with Gasteiger partial charge in [-0.25, -0.2) is 0 Å². The van der Waals surface area contributed by atoms with E-state index in [0.717, 1.165) is 0 Å². The average molecular weight is 266 g/mol. The molecule has 1 unspecified atom stereocenters. The third kappa shape index (κ3) is 2.56. The quantitative estimate of drug-likeness (QED) is 0.850. The molecule has 0 aromatic carbocycles. The normalized spacial score (nSPS) is 12.4. The maximum Gasteiger partial charge on any atom is 0.237 e. The van der Waals surface area contributed by atoms with Crippen molar-refractivity contribution < 1.29 is 9.32 Å². The Labute approximate surface area is 109 Å². The van der Waals surface area contributed by atoms with Crippen LogP contribution in [0, 0.1) is 0 Å². The standard InChI is InChI=1S/C12H12ClN3O2/c1-3-10(17)7(2)12-15-11(16-18-12)9-5-4-8(13)6-14-9/h4-7H,3H2,1-2H3. The maximum atomic E-state index is 11.5. The largest absolute Gasteiger partial charge is 0.338 e. The number of hydrogen-bond donors (Lipinski definition) is 0. The molecule has 94 valence electrons. The number of halogens is 1. The number of carbonyl (C=O) groups is 1. The predicted molar refractivity (Wildman–Crippen MR) is 66.3 cm³/mol. The van der Waals surface area contributed by atoms with Gasteiger partial charge in [-0.1, -0.05) is 23.7 Å². The van der Waals surface area contributed by atoms with Crippen molar-refractivity contribution in [2.75, 3.05) is 0 Å². The lowest BCUT2D eigenvalue weighted by atomic mass is 10.1. The summed E-state index contributed by atoms with van der Waals surface area (Å²) < 4.78 is 5.08. The Bertz CT molecular complexity index is 551. The first kappa shape index (κ1) is 12.7. The van der Waals surface area contributed by atoms with Gasteiger partial charge in [-0.15, -0.1) is 0 Å². The fourth-order valence-electron chi connectivity index (χ4n) is 1.47. The Morgan fingerprint density at radius 1 is 1.50 bits per heavy atom. The summed E-state index contributed by atoms with van der Waals surface area (Å²) in [5.41, 5.74) is 0.561. The molecule has 2 aromatic heterocycles. The fraction of sp³-hybridized carbons (Fsp3) is 0.333. The van der Waals surface area contributed by atoms with Gasteiger partial charge in [-0.2, -0.15) is 4.98 Å². The molecule has 1 atom stereocenters. The highest BCUT2D eigenvalue weighted by atomic mass is 35.5. The van der Waals surface area contributed by atoms with E-state index in [1.54, 1.807) is 26.0 Å². The second-order valence-electron chi connectivity index (χ2n) is 3.86. The number of ketones is 1. The van der Waals surface area contributed by atoms with Crippen molar-refractivity contribution in [2.24, 2.45) is 0 Å². The molecule has 5 nitrogen and oxygen atoms in total. The summed E-state index contributed by atoms with van der Waals surface area (Å²) in [6, 6.07) is 3.39. The lowest BCUT2D eigenvalue weighted by Gasteiger charge is -2.01. The topological polar surface area (TPSA) is 68.9 Å². The molecule has 0 saturated heterocycles. The Morgan fingerprint density at radius 2 is 2.28 bits per heavy atom. The molecular weight excluding hydrogens is 254 g/mol. The van der Waals surface area contributed by atoms with Crippen LogP contribution in [-0.2, 0) is 4.79 Å². The Hall–Kier alpha value is -1.75. The van der Waals surface area contributed by atoms with E-state index in [2.05, 4.69) is 15.1 Å². The molecule has 0 N–H and O–H groups in total. The maximum absolute atomic E-state index is 11.5.